The van der Waals surface area contributed by atoms with Gasteiger partial charge in [-0.2, -0.15) is 5.10 Å². The number of hydrogen-bond acceptors (Lipinski definition) is 3. The monoisotopic (exact) mass is 368 g/mol. The third kappa shape index (κ3) is 3.30. The second kappa shape index (κ2) is 6.86. The Bertz CT molecular complexity index is 965. The first kappa shape index (κ1) is 17.3. The van der Waals surface area contributed by atoms with Gasteiger partial charge in [0.1, 0.15) is 11.5 Å². The quantitative estimate of drug-likeness (QED) is 0.773. The molecule has 0 unspecified atom stereocenters. The number of carbonyl (C=O) groups excluding carboxylic acids is 1. The minimum atomic E-state index is -0.381. The van der Waals surface area contributed by atoms with Gasteiger partial charge in [0.15, 0.2) is 0 Å². The molecule has 1 aliphatic heterocycles. The van der Waals surface area contributed by atoms with Gasteiger partial charge in [0.25, 0.3) is 0 Å². The Kier molecular flexibility index (Phi) is 4.39. The molecule has 0 fully saturated rings. The molecule has 27 heavy (non-hydrogen) atoms. The zero-order chi connectivity index (χ0) is 19.0. The van der Waals surface area contributed by atoms with E-state index in [4.69, 9.17) is 0 Å². The van der Waals surface area contributed by atoms with Crippen LogP contribution in [0.15, 0.2) is 43.0 Å². The zero-order valence-corrected chi connectivity index (χ0v) is 15.3. The Labute approximate surface area is 156 Å². The van der Waals surface area contributed by atoms with E-state index in [9.17, 15) is 9.18 Å². The molecule has 1 atom stereocenters. The number of amides is 2. The van der Waals surface area contributed by atoms with Crippen LogP contribution in [0.1, 0.15) is 29.9 Å². The number of hydrogen-bond donors (Lipinski definition) is 1. The Hall–Kier alpha value is -3.16. The molecule has 8 heteroatoms. The molecule has 3 heterocycles. The van der Waals surface area contributed by atoms with Gasteiger partial charge in [-0.15, -0.1) is 0 Å². The first-order valence-corrected chi connectivity index (χ1v) is 8.87. The van der Waals surface area contributed by atoms with E-state index < -0.39 is 0 Å². The summed E-state index contributed by atoms with van der Waals surface area (Å²) in [5.74, 6) is -0.381. The minimum Gasteiger partial charge on any atom is -0.337 e. The fourth-order valence-corrected chi connectivity index (χ4v) is 3.38. The van der Waals surface area contributed by atoms with Crippen molar-refractivity contribution in [3.05, 3.63) is 65.8 Å². The van der Waals surface area contributed by atoms with Crippen molar-refractivity contribution in [1.82, 2.24) is 29.5 Å². The first-order chi connectivity index (χ1) is 13.0. The molecule has 4 rings (SSSR count). The second-order valence-corrected chi connectivity index (χ2v) is 6.75. The van der Waals surface area contributed by atoms with Crippen molar-refractivity contribution in [2.24, 2.45) is 7.05 Å². The first-order valence-electron chi connectivity index (χ1n) is 8.87. The van der Waals surface area contributed by atoms with E-state index in [0.717, 1.165) is 12.1 Å². The average Bonchev–Trinajstić information content (AvgIpc) is 3.31. The third-order valence-electron chi connectivity index (χ3n) is 4.95. The predicted molar refractivity (Wildman–Crippen MR) is 97.8 cm³/mol. The number of halogens is 1. The number of aromatic nitrogens is 4. The van der Waals surface area contributed by atoms with Crippen molar-refractivity contribution in [3.8, 4) is 5.69 Å². The predicted octanol–water partition coefficient (Wildman–Crippen LogP) is 2.57. The molecule has 0 spiro atoms. The lowest BCUT2D eigenvalue weighted by molar-refractivity contribution is 0.188. The van der Waals surface area contributed by atoms with Gasteiger partial charge in [-0.1, -0.05) is 6.07 Å². The maximum atomic E-state index is 14.4. The van der Waals surface area contributed by atoms with Gasteiger partial charge in [-0.25, -0.2) is 18.9 Å². The van der Waals surface area contributed by atoms with Crippen molar-refractivity contribution in [1.29, 1.82) is 0 Å². The van der Waals surface area contributed by atoms with Crippen molar-refractivity contribution in [2.75, 3.05) is 6.54 Å². The molecule has 2 amide bonds. The number of benzene rings is 1. The molecular weight excluding hydrogens is 347 g/mol. The van der Waals surface area contributed by atoms with Gasteiger partial charge in [-0.3, -0.25) is 0 Å². The van der Waals surface area contributed by atoms with Crippen molar-refractivity contribution >= 4 is 6.03 Å². The summed E-state index contributed by atoms with van der Waals surface area (Å²) in [7, 11) is 1.96. The highest BCUT2D eigenvalue weighted by molar-refractivity contribution is 5.75. The highest BCUT2D eigenvalue weighted by Gasteiger charge is 2.24. The number of nitrogens with one attached hydrogen (secondary N) is 1. The van der Waals surface area contributed by atoms with Crippen LogP contribution >= 0.6 is 0 Å². The van der Waals surface area contributed by atoms with E-state index >= 15 is 0 Å². The lowest BCUT2D eigenvalue weighted by atomic mass is 10.1. The molecule has 1 N–H and O–H groups in total. The van der Waals surface area contributed by atoms with Crippen LogP contribution in [-0.2, 0) is 20.0 Å². The SMILES string of the molecule is C[C@@H](NC(=O)N1CCc2c(ncn2C)C1)c1ccc(-n2cccn2)c(F)c1. The molecule has 1 aromatic carbocycles. The minimum absolute atomic E-state index is 0.171. The zero-order valence-electron chi connectivity index (χ0n) is 15.3. The van der Waals surface area contributed by atoms with Crippen molar-refractivity contribution in [2.45, 2.75) is 25.9 Å². The van der Waals surface area contributed by atoms with Gasteiger partial charge in [0.2, 0.25) is 0 Å². The molecule has 0 bridgehead atoms. The summed E-state index contributed by atoms with van der Waals surface area (Å²) in [5.41, 5.74) is 3.18. The summed E-state index contributed by atoms with van der Waals surface area (Å²) in [6, 6.07) is 6.16. The van der Waals surface area contributed by atoms with Crippen LogP contribution in [0.4, 0.5) is 9.18 Å². The van der Waals surface area contributed by atoms with Gasteiger partial charge in [0.05, 0.1) is 24.6 Å². The number of fused-ring (bicyclic) bond motifs is 1. The molecule has 0 saturated heterocycles. The Morgan fingerprint density at radius 3 is 2.96 bits per heavy atom. The molecule has 2 aromatic heterocycles. The summed E-state index contributed by atoms with van der Waals surface area (Å²) in [6.45, 7) is 2.97. The average molecular weight is 368 g/mol. The summed E-state index contributed by atoms with van der Waals surface area (Å²) < 4.78 is 17.9. The number of imidazole rings is 1. The number of carbonyl (C=O) groups is 1. The van der Waals surface area contributed by atoms with E-state index in [0.29, 0.717) is 24.3 Å². The van der Waals surface area contributed by atoms with E-state index in [2.05, 4.69) is 15.4 Å². The largest absolute Gasteiger partial charge is 0.337 e. The Morgan fingerprint density at radius 1 is 1.37 bits per heavy atom. The van der Waals surface area contributed by atoms with E-state index in [1.807, 2.05) is 18.5 Å². The second-order valence-electron chi connectivity index (χ2n) is 6.75. The Morgan fingerprint density at radius 2 is 2.22 bits per heavy atom. The summed E-state index contributed by atoms with van der Waals surface area (Å²) >= 11 is 0. The number of rotatable bonds is 3. The molecule has 1 aliphatic rings. The lowest BCUT2D eigenvalue weighted by Crippen LogP contribution is -2.43. The molecule has 0 radical (unpaired) electrons. The van der Waals surface area contributed by atoms with Gasteiger partial charge >= 0.3 is 6.03 Å². The smallest absolute Gasteiger partial charge is 0.318 e. The fraction of sp³-hybridized carbons (Fsp3) is 0.316. The molecular formula is C19H21FN6O. The van der Waals surface area contributed by atoms with Crippen LogP contribution in [0, 0.1) is 5.82 Å². The molecule has 7 nitrogen and oxygen atoms in total. The maximum absolute atomic E-state index is 14.4. The van der Waals surface area contributed by atoms with E-state index in [-0.39, 0.29) is 17.9 Å². The number of urea groups is 1. The van der Waals surface area contributed by atoms with Crippen molar-refractivity contribution in [3.63, 3.8) is 0 Å². The van der Waals surface area contributed by atoms with Crippen LogP contribution in [0.2, 0.25) is 0 Å². The van der Waals surface area contributed by atoms with Crippen LogP contribution in [-0.4, -0.2) is 36.8 Å². The highest BCUT2D eigenvalue weighted by atomic mass is 19.1. The van der Waals surface area contributed by atoms with E-state index in [1.54, 1.807) is 41.8 Å². The standard InChI is InChI=1S/C19H21FN6O/c1-13(14-4-5-17(15(20)10-14)26-8-3-7-22-26)23-19(27)25-9-6-18-16(11-25)21-12-24(18)2/h3-5,7-8,10,12-13H,6,9,11H2,1-2H3,(H,23,27)/t13-/m1/s1. The van der Waals surface area contributed by atoms with Crippen LogP contribution in [0.5, 0.6) is 0 Å². The molecule has 140 valence electrons. The lowest BCUT2D eigenvalue weighted by Gasteiger charge is -2.28. The summed E-state index contributed by atoms with van der Waals surface area (Å²) in [4.78, 5) is 18.7. The van der Waals surface area contributed by atoms with E-state index in [1.165, 1.54) is 16.4 Å². The van der Waals surface area contributed by atoms with Crippen LogP contribution in [0.3, 0.4) is 0 Å². The fourth-order valence-electron chi connectivity index (χ4n) is 3.38. The van der Waals surface area contributed by atoms with Gasteiger partial charge < -0.3 is 14.8 Å². The summed E-state index contributed by atoms with van der Waals surface area (Å²) in [6.07, 6.45) is 5.84. The third-order valence-corrected chi connectivity index (χ3v) is 4.95. The molecule has 0 saturated carbocycles. The van der Waals surface area contributed by atoms with Gasteiger partial charge in [-0.05, 0) is 30.7 Å². The van der Waals surface area contributed by atoms with Gasteiger partial charge in [0, 0.05) is 38.1 Å². The maximum Gasteiger partial charge on any atom is 0.318 e. The molecule has 3 aromatic rings. The number of aryl methyl sites for hydroxylation is 1. The topological polar surface area (TPSA) is 68.0 Å². The molecule has 0 aliphatic carbocycles. The summed E-state index contributed by atoms with van der Waals surface area (Å²) in [5, 5.41) is 6.99. The van der Waals surface area contributed by atoms with Crippen LogP contribution in [0.25, 0.3) is 5.69 Å². The van der Waals surface area contributed by atoms with Crippen molar-refractivity contribution < 1.29 is 9.18 Å². The van der Waals surface area contributed by atoms with Crippen LogP contribution < -0.4 is 5.32 Å². The number of nitrogens with zero attached hydrogens (tertiary/aromatic N) is 5. The normalized spacial score (nSPS) is 14.7. The highest BCUT2D eigenvalue weighted by Crippen LogP contribution is 2.21. The Balaban J connectivity index is 1.44.